The molecule has 2 saturated heterocycles. The molecule has 0 aromatic heterocycles. The van der Waals surface area contributed by atoms with Crippen LogP contribution in [0.2, 0.25) is 0 Å². The van der Waals surface area contributed by atoms with E-state index in [0.29, 0.717) is 18.5 Å². The lowest BCUT2D eigenvalue weighted by Crippen LogP contribution is -2.58. The average Bonchev–Trinajstić information content (AvgIpc) is 3.02. The Morgan fingerprint density at radius 1 is 1.21 bits per heavy atom. The molecular formula is C21H34N2O4S2. The highest BCUT2D eigenvalue weighted by Gasteiger charge is 2.45. The van der Waals surface area contributed by atoms with Crippen molar-refractivity contribution in [2.45, 2.75) is 58.7 Å². The SMILES string of the molecule is C.CC(C)C[C@H](NC(=O)c1ccccc1)C(=O)N1CCC[C@@H]2OCC(=O)[C@@H]21.S.S. The number of carbonyl (C=O) groups is 3. The summed E-state index contributed by atoms with van der Waals surface area (Å²) in [6.45, 7) is 4.63. The van der Waals surface area contributed by atoms with Crippen LogP contribution in [0.5, 0.6) is 0 Å². The van der Waals surface area contributed by atoms with E-state index in [4.69, 9.17) is 4.74 Å². The Labute approximate surface area is 187 Å². The summed E-state index contributed by atoms with van der Waals surface area (Å²) in [5, 5.41) is 2.87. The number of amides is 2. The van der Waals surface area contributed by atoms with Gasteiger partial charge in [0.05, 0.1) is 6.10 Å². The van der Waals surface area contributed by atoms with Crippen molar-refractivity contribution < 1.29 is 19.1 Å². The van der Waals surface area contributed by atoms with Crippen molar-refractivity contribution in [3.8, 4) is 0 Å². The fraction of sp³-hybridized carbons (Fsp3) is 0.571. The van der Waals surface area contributed by atoms with Gasteiger partial charge in [0.15, 0.2) is 5.78 Å². The predicted octanol–water partition coefficient (Wildman–Crippen LogP) is 2.65. The maximum Gasteiger partial charge on any atom is 0.251 e. The molecule has 0 unspecified atom stereocenters. The molecule has 1 N–H and O–H groups in total. The fourth-order valence-corrected chi connectivity index (χ4v) is 3.76. The van der Waals surface area contributed by atoms with Gasteiger partial charge in [-0.2, -0.15) is 27.0 Å². The summed E-state index contributed by atoms with van der Waals surface area (Å²) in [4.78, 5) is 39.6. The third-order valence-electron chi connectivity index (χ3n) is 4.97. The summed E-state index contributed by atoms with van der Waals surface area (Å²) in [7, 11) is 0. The molecule has 0 saturated carbocycles. The molecule has 0 spiro atoms. The monoisotopic (exact) mass is 442 g/mol. The fourth-order valence-electron chi connectivity index (χ4n) is 3.76. The highest BCUT2D eigenvalue weighted by atomic mass is 32.1. The summed E-state index contributed by atoms with van der Waals surface area (Å²) in [6.07, 6.45) is 1.93. The zero-order chi connectivity index (χ0) is 18.7. The molecule has 1 aromatic carbocycles. The molecule has 2 heterocycles. The van der Waals surface area contributed by atoms with E-state index in [-0.39, 0.29) is 70.6 Å². The van der Waals surface area contributed by atoms with Crippen LogP contribution in [0.15, 0.2) is 30.3 Å². The second-order valence-corrected chi connectivity index (χ2v) is 7.46. The number of ketones is 1. The molecule has 2 aliphatic heterocycles. The summed E-state index contributed by atoms with van der Waals surface area (Å²) >= 11 is 0. The van der Waals surface area contributed by atoms with Crippen LogP contribution in [0.25, 0.3) is 0 Å². The lowest BCUT2D eigenvalue weighted by Gasteiger charge is -2.37. The topological polar surface area (TPSA) is 75.7 Å². The zero-order valence-corrected chi connectivity index (χ0v) is 18.3. The van der Waals surface area contributed by atoms with E-state index in [9.17, 15) is 14.4 Å². The van der Waals surface area contributed by atoms with Crippen molar-refractivity contribution in [3.05, 3.63) is 35.9 Å². The first-order valence-electron chi connectivity index (χ1n) is 9.28. The van der Waals surface area contributed by atoms with Crippen LogP contribution in [0.4, 0.5) is 0 Å². The van der Waals surface area contributed by atoms with Crippen molar-refractivity contribution in [1.82, 2.24) is 10.2 Å². The van der Waals surface area contributed by atoms with Crippen molar-refractivity contribution in [1.29, 1.82) is 0 Å². The minimum absolute atomic E-state index is 0. The van der Waals surface area contributed by atoms with Gasteiger partial charge in [-0.15, -0.1) is 0 Å². The maximum atomic E-state index is 13.2. The number of piperidine rings is 1. The molecule has 164 valence electrons. The Bertz CT molecular complexity index is 685. The molecule has 29 heavy (non-hydrogen) atoms. The summed E-state index contributed by atoms with van der Waals surface area (Å²) in [5.74, 6) is -0.263. The van der Waals surface area contributed by atoms with Gasteiger partial charge in [-0.3, -0.25) is 14.4 Å². The first kappa shape index (κ1) is 27.5. The molecule has 2 amide bonds. The van der Waals surface area contributed by atoms with E-state index in [2.05, 4.69) is 5.32 Å². The Morgan fingerprint density at radius 3 is 2.48 bits per heavy atom. The normalized spacial score (nSPS) is 21.2. The molecule has 1 aromatic rings. The number of Topliss-reactive ketones (excluding diaryl/α,β-unsaturated/α-hetero) is 1. The lowest BCUT2D eigenvalue weighted by molar-refractivity contribution is -0.142. The van der Waals surface area contributed by atoms with Crippen molar-refractivity contribution >= 4 is 44.6 Å². The third-order valence-corrected chi connectivity index (χ3v) is 4.97. The quantitative estimate of drug-likeness (QED) is 0.761. The van der Waals surface area contributed by atoms with Crippen LogP contribution in [0.3, 0.4) is 0 Å². The van der Waals surface area contributed by atoms with E-state index in [1.165, 1.54) is 0 Å². The third kappa shape index (κ3) is 6.49. The van der Waals surface area contributed by atoms with Gasteiger partial charge >= 0.3 is 0 Å². The predicted molar refractivity (Wildman–Crippen MR) is 124 cm³/mol. The van der Waals surface area contributed by atoms with E-state index < -0.39 is 12.1 Å². The first-order valence-corrected chi connectivity index (χ1v) is 9.28. The van der Waals surface area contributed by atoms with Gasteiger partial charge in [0.2, 0.25) is 5.91 Å². The first-order chi connectivity index (χ1) is 12.5. The largest absolute Gasteiger partial charge is 0.368 e. The molecule has 3 atom stereocenters. The van der Waals surface area contributed by atoms with Crippen LogP contribution in [-0.2, 0) is 14.3 Å². The smallest absolute Gasteiger partial charge is 0.251 e. The molecule has 0 aliphatic carbocycles. The number of rotatable bonds is 5. The minimum atomic E-state index is -0.644. The zero-order valence-electron chi connectivity index (χ0n) is 16.3. The number of nitrogens with one attached hydrogen (secondary N) is 1. The van der Waals surface area contributed by atoms with E-state index in [1.54, 1.807) is 29.2 Å². The van der Waals surface area contributed by atoms with Crippen LogP contribution in [0, 0.1) is 5.92 Å². The van der Waals surface area contributed by atoms with Gasteiger partial charge in [0, 0.05) is 12.1 Å². The van der Waals surface area contributed by atoms with E-state index >= 15 is 0 Å². The number of ether oxygens (including phenoxy) is 1. The van der Waals surface area contributed by atoms with Gasteiger partial charge in [-0.05, 0) is 37.3 Å². The van der Waals surface area contributed by atoms with Gasteiger partial charge in [-0.1, -0.05) is 39.5 Å². The molecular weight excluding hydrogens is 408 g/mol. The van der Waals surface area contributed by atoms with Crippen LogP contribution in [-0.4, -0.2) is 53.8 Å². The Kier molecular flexibility index (Phi) is 11.6. The van der Waals surface area contributed by atoms with E-state index in [1.807, 2.05) is 19.9 Å². The van der Waals surface area contributed by atoms with Crippen molar-refractivity contribution in [3.63, 3.8) is 0 Å². The standard InChI is InChI=1S/C20H26N2O4.CH4.2H2S/c1-13(2)11-15(21-19(24)14-7-4-3-5-8-14)20(25)22-10-6-9-17-18(22)16(23)12-26-17;;;/h3-5,7-8,13,15,17-18H,6,9-12H2,1-2H3,(H,21,24);1H4;2*1H2/t15-,17-,18-;;;/m0.../s1. The second kappa shape index (κ2) is 12.2. The molecule has 2 aliphatic rings. The molecule has 2 fully saturated rings. The summed E-state index contributed by atoms with van der Waals surface area (Å²) in [6, 6.07) is 7.72. The summed E-state index contributed by atoms with van der Waals surface area (Å²) < 4.78 is 5.53. The molecule has 8 heteroatoms. The number of carbonyl (C=O) groups excluding carboxylic acids is 3. The molecule has 6 nitrogen and oxygen atoms in total. The maximum absolute atomic E-state index is 13.2. The number of nitrogens with zero attached hydrogens (tertiary/aromatic N) is 1. The number of likely N-dealkylation sites (tertiary alicyclic amines) is 1. The number of hydrogen-bond acceptors (Lipinski definition) is 4. The van der Waals surface area contributed by atoms with E-state index in [0.717, 1.165) is 12.8 Å². The van der Waals surface area contributed by atoms with Crippen molar-refractivity contribution in [2.24, 2.45) is 5.92 Å². The number of hydrogen-bond donors (Lipinski definition) is 1. The lowest BCUT2D eigenvalue weighted by atomic mass is 9.95. The van der Waals surface area contributed by atoms with Gasteiger partial charge in [-0.25, -0.2) is 0 Å². The molecule has 0 bridgehead atoms. The number of fused-ring (bicyclic) bond motifs is 1. The highest BCUT2D eigenvalue weighted by molar-refractivity contribution is 7.59. The highest BCUT2D eigenvalue weighted by Crippen LogP contribution is 2.27. The average molecular weight is 443 g/mol. The van der Waals surface area contributed by atoms with Gasteiger partial charge in [0.25, 0.3) is 5.91 Å². The summed E-state index contributed by atoms with van der Waals surface area (Å²) in [5.41, 5.74) is 0.519. The minimum Gasteiger partial charge on any atom is -0.368 e. The van der Waals surface area contributed by atoms with Crippen molar-refractivity contribution in [2.75, 3.05) is 13.2 Å². The Morgan fingerprint density at radius 2 is 1.86 bits per heavy atom. The second-order valence-electron chi connectivity index (χ2n) is 7.46. The molecule has 0 radical (unpaired) electrons. The van der Waals surface area contributed by atoms with Gasteiger partial charge < -0.3 is 15.0 Å². The van der Waals surface area contributed by atoms with Gasteiger partial charge in [0.1, 0.15) is 18.7 Å². The Hall–Kier alpha value is -1.51. The Balaban J connectivity index is 0.00000261. The number of benzene rings is 1. The van der Waals surface area contributed by atoms with Crippen LogP contribution in [0.1, 0.15) is 50.9 Å². The van der Waals surface area contributed by atoms with Crippen LogP contribution >= 0.6 is 27.0 Å². The van der Waals surface area contributed by atoms with Crippen LogP contribution < -0.4 is 5.32 Å². The molecule has 3 rings (SSSR count).